The molecule has 18 heavy (non-hydrogen) atoms. The number of nitrogens with one attached hydrogen (secondary N) is 1. The fourth-order valence-corrected chi connectivity index (χ4v) is 2.73. The summed E-state index contributed by atoms with van der Waals surface area (Å²) in [7, 11) is 0. The zero-order valence-corrected chi connectivity index (χ0v) is 11.6. The van der Waals surface area contributed by atoms with Gasteiger partial charge in [0.05, 0.1) is 6.42 Å². The first-order valence-corrected chi connectivity index (χ1v) is 6.79. The summed E-state index contributed by atoms with van der Waals surface area (Å²) in [5, 5.41) is 3.16. The van der Waals surface area contributed by atoms with Crippen LogP contribution in [0.4, 0.5) is 0 Å². The second-order valence-electron chi connectivity index (χ2n) is 6.33. The molecule has 1 amide bonds. The van der Waals surface area contributed by atoms with Crippen molar-refractivity contribution in [2.75, 3.05) is 0 Å². The molecule has 1 fully saturated rings. The second-order valence-corrected chi connectivity index (χ2v) is 6.33. The Labute approximate surface area is 110 Å². The predicted molar refractivity (Wildman–Crippen MR) is 74.4 cm³/mol. The van der Waals surface area contributed by atoms with Gasteiger partial charge in [-0.2, -0.15) is 0 Å². The summed E-state index contributed by atoms with van der Waals surface area (Å²) >= 11 is 0. The van der Waals surface area contributed by atoms with E-state index in [4.69, 9.17) is 0 Å². The predicted octanol–water partition coefficient (Wildman–Crippen LogP) is 3.23. The van der Waals surface area contributed by atoms with Gasteiger partial charge in [-0.05, 0) is 37.2 Å². The molecule has 0 heterocycles. The van der Waals surface area contributed by atoms with Crippen molar-refractivity contribution in [1.82, 2.24) is 5.32 Å². The van der Waals surface area contributed by atoms with E-state index in [9.17, 15) is 4.79 Å². The lowest BCUT2D eigenvalue weighted by atomic mass is 9.92. The molecule has 1 aromatic rings. The molecule has 0 aromatic heterocycles. The van der Waals surface area contributed by atoms with Crippen LogP contribution >= 0.6 is 0 Å². The lowest BCUT2D eigenvalue weighted by Crippen LogP contribution is -2.34. The first-order valence-electron chi connectivity index (χ1n) is 6.79. The normalized spacial score (nSPS) is 21.8. The average Bonchev–Trinajstić information content (AvgIpc) is 2.61. The molecule has 2 rings (SSSR count). The topological polar surface area (TPSA) is 29.1 Å². The molecule has 1 atom stereocenters. The molecule has 0 radical (unpaired) electrons. The molecule has 2 nitrogen and oxygen atoms in total. The highest BCUT2D eigenvalue weighted by Crippen LogP contribution is 2.36. The highest BCUT2D eigenvalue weighted by Gasteiger charge is 2.31. The molecule has 1 saturated carbocycles. The zero-order chi connectivity index (χ0) is 13.2. The molecule has 0 bridgehead atoms. The van der Waals surface area contributed by atoms with Crippen LogP contribution in [0.15, 0.2) is 24.3 Å². The highest BCUT2D eigenvalue weighted by atomic mass is 16.1. The maximum atomic E-state index is 12.0. The van der Waals surface area contributed by atoms with Crippen molar-refractivity contribution in [2.45, 2.75) is 52.5 Å². The van der Waals surface area contributed by atoms with Crippen LogP contribution < -0.4 is 5.32 Å². The third-order valence-corrected chi connectivity index (χ3v) is 3.82. The minimum Gasteiger partial charge on any atom is -0.353 e. The van der Waals surface area contributed by atoms with Gasteiger partial charge in [-0.25, -0.2) is 0 Å². The largest absolute Gasteiger partial charge is 0.353 e. The Balaban J connectivity index is 1.84. The summed E-state index contributed by atoms with van der Waals surface area (Å²) in [6.45, 7) is 6.61. The lowest BCUT2D eigenvalue weighted by molar-refractivity contribution is -0.121. The van der Waals surface area contributed by atoms with E-state index < -0.39 is 0 Å². The number of amides is 1. The van der Waals surface area contributed by atoms with Crippen LogP contribution in [-0.4, -0.2) is 11.9 Å². The van der Waals surface area contributed by atoms with Gasteiger partial charge in [-0.15, -0.1) is 0 Å². The van der Waals surface area contributed by atoms with E-state index in [0.717, 1.165) is 18.4 Å². The lowest BCUT2D eigenvalue weighted by Gasteiger charge is -2.17. The number of carbonyl (C=O) groups excluding carboxylic acids is 1. The zero-order valence-electron chi connectivity index (χ0n) is 11.6. The van der Waals surface area contributed by atoms with E-state index in [1.54, 1.807) is 0 Å². The van der Waals surface area contributed by atoms with Gasteiger partial charge in [-0.1, -0.05) is 43.7 Å². The molecule has 0 aliphatic heterocycles. The Kier molecular flexibility index (Phi) is 3.74. The highest BCUT2D eigenvalue weighted by molar-refractivity contribution is 5.78. The molecule has 1 unspecified atom stereocenters. The smallest absolute Gasteiger partial charge is 0.224 e. The first kappa shape index (κ1) is 13.1. The Hall–Kier alpha value is -1.31. The number of aryl methyl sites for hydroxylation is 1. The Morgan fingerprint density at radius 2 is 2.00 bits per heavy atom. The van der Waals surface area contributed by atoms with Crippen molar-refractivity contribution >= 4 is 5.91 Å². The number of carbonyl (C=O) groups is 1. The van der Waals surface area contributed by atoms with Gasteiger partial charge >= 0.3 is 0 Å². The van der Waals surface area contributed by atoms with E-state index in [0.29, 0.717) is 17.9 Å². The third kappa shape index (κ3) is 3.59. The van der Waals surface area contributed by atoms with Crippen molar-refractivity contribution < 1.29 is 4.79 Å². The molecule has 0 spiro atoms. The van der Waals surface area contributed by atoms with Crippen LogP contribution in [0.5, 0.6) is 0 Å². The Morgan fingerprint density at radius 3 is 2.56 bits per heavy atom. The minimum atomic E-state index is 0.154. The summed E-state index contributed by atoms with van der Waals surface area (Å²) in [6.07, 6.45) is 3.93. The summed E-state index contributed by atoms with van der Waals surface area (Å²) in [5.41, 5.74) is 2.72. The van der Waals surface area contributed by atoms with Crippen LogP contribution in [0, 0.1) is 12.3 Å². The third-order valence-electron chi connectivity index (χ3n) is 3.82. The van der Waals surface area contributed by atoms with Gasteiger partial charge in [0.15, 0.2) is 0 Å². The van der Waals surface area contributed by atoms with E-state index in [1.807, 2.05) is 12.1 Å². The number of benzene rings is 1. The summed E-state index contributed by atoms with van der Waals surface area (Å²) in [5.74, 6) is 0.154. The fourth-order valence-electron chi connectivity index (χ4n) is 2.73. The second kappa shape index (κ2) is 5.13. The molecule has 1 aliphatic carbocycles. The van der Waals surface area contributed by atoms with Gasteiger partial charge < -0.3 is 5.32 Å². The van der Waals surface area contributed by atoms with Crippen molar-refractivity contribution in [1.29, 1.82) is 0 Å². The van der Waals surface area contributed by atoms with Crippen molar-refractivity contribution in [3.63, 3.8) is 0 Å². The van der Waals surface area contributed by atoms with E-state index >= 15 is 0 Å². The number of rotatable bonds is 3. The van der Waals surface area contributed by atoms with Gasteiger partial charge in [-0.3, -0.25) is 4.79 Å². The molecule has 98 valence electrons. The molecule has 1 aromatic carbocycles. The monoisotopic (exact) mass is 245 g/mol. The molecule has 2 heteroatoms. The van der Waals surface area contributed by atoms with Crippen molar-refractivity contribution in [2.24, 2.45) is 5.41 Å². The maximum Gasteiger partial charge on any atom is 0.224 e. The van der Waals surface area contributed by atoms with Crippen LogP contribution in [0.2, 0.25) is 0 Å². The standard InChI is InChI=1S/C16H23NO/c1-12-4-6-13(7-5-12)10-15(18)17-14-8-9-16(2,3)11-14/h4-7,14H,8-11H2,1-3H3,(H,17,18). The molecular formula is C16H23NO. The summed E-state index contributed by atoms with van der Waals surface area (Å²) in [4.78, 5) is 12.0. The summed E-state index contributed by atoms with van der Waals surface area (Å²) in [6, 6.07) is 8.56. The number of hydrogen-bond acceptors (Lipinski definition) is 1. The molecule has 1 aliphatic rings. The van der Waals surface area contributed by atoms with Gasteiger partial charge in [0.25, 0.3) is 0 Å². The molecule has 0 saturated heterocycles. The average molecular weight is 245 g/mol. The number of hydrogen-bond donors (Lipinski definition) is 1. The van der Waals surface area contributed by atoms with E-state index in [1.165, 1.54) is 12.0 Å². The van der Waals surface area contributed by atoms with E-state index in [-0.39, 0.29) is 5.91 Å². The fraction of sp³-hybridized carbons (Fsp3) is 0.562. The maximum absolute atomic E-state index is 12.0. The van der Waals surface area contributed by atoms with Crippen molar-refractivity contribution in [3.05, 3.63) is 35.4 Å². The van der Waals surface area contributed by atoms with Crippen molar-refractivity contribution in [3.8, 4) is 0 Å². The molecular weight excluding hydrogens is 222 g/mol. The Morgan fingerprint density at radius 1 is 1.33 bits per heavy atom. The minimum absolute atomic E-state index is 0.154. The van der Waals surface area contributed by atoms with Crippen LogP contribution in [0.1, 0.15) is 44.2 Å². The van der Waals surface area contributed by atoms with Gasteiger partial charge in [0, 0.05) is 6.04 Å². The van der Waals surface area contributed by atoms with Crippen LogP contribution in [-0.2, 0) is 11.2 Å². The van der Waals surface area contributed by atoms with Crippen LogP contribution in [0.25, 0.3) is 0 Å². The van der Waals surface area contributed by atoms with E-state index in [2.05, 4.69) is 38.2 Å². The molecule has 1 N–H and O–H groups in total. The Bertz CT molecular complexity index is 419. The van der Waals surface area contributed by atoms with Gasteiger partial charge in [0.2, 0.25) is 5.91 Å². The van der Waals surface area contributed by atoms with Crippen LogP contribution in [0.3, 0.4) is 0 Å². The van der Waals surface area contributed by atoms with Gasteiger partial charge in [0.1, 0.15) is 0 Å². The first-order chi connectivity index (χ1) is 8.44. The summed E-state index contributed by atoms with van der Waals surface area (Å²) < 4.78 is 0. The quantitative estimate of drug-likeness (QED) is 0.870. The SMILES string of the molecule is Cc1ccc(CC(=O)NC2CCC(C)(C)C2)cc1.